The molecule has 2 aliphatic heterocycles. The van der Waals surface area contributed by atoms with E-state index in [1.165, 1.54) is 0 Å². The fraction of sp³-hybridized carbons (Fsp3) is 0.609. The predicted octanol–water partition coefficient (Wildman–Crippen LogP) is 1.85. The Labute approximate surface area is 179 Å². The fourth-order valence-electron chi connectivity index (χ4n) is 4.25. The van der Waals surface area contributed by atoms with Crippen molar-refractivity contribution in [1.29, 1.82) is 0 Å². The van der Waals surface area contributed by atoms with Gasteiger partial charge in [0.05, 0.1) is 6.54 Å². The molecular formula is C23H34N4O3. The molecule has 0 aromatic heterocycles. The van der Waals surface area contributed by atoms with E-state index in [1.807, 2.05) is 37.3 Å². The van der Waals surface area contributed by atoms with Crippen LogP contribution in [0.15, 0.2) is 30.3 Å². The topological polar surface area (TPSA) is 81.8 Å². The molecule has 1 aromatic carbocycles. The van der Waals surface area contributed by atoms with Gasteiger partial charge in [0.2, 0.25) is 17.7 Å². The number of benzene rings is 1. The number of hydrogen-bond donors (Lipinski definition) is 2. The van der Waals surface area contributed by atoms with Gasteiger partial charge in [-0.1, -0.05) is 37.3 Å². The number of nitrogens with zero attached hydrogens (tertiary/aromatic N) is 2. The zero-order valence-corrected chi connectivity index (χ0v) is 17.9. The van der Waals surface area contributed by atoms with E-state index in [0.29, 0.717) is 26.1 Å². The lowest BCUT2D eigenvalue weighted by atomic mass is 9.99. The van der Waals surface area contributed by atoms with Crippen LogP contribution in [0.25, 0.3) is 0 Å². The summed E-state index contributed by atoms with van der Waals surface area (Å²) in [7, 11) is 0. The third-order valence-electron chi connectivity index (χ3n) is 5.91. The quantitative estimate of drug-likeness (QED) is 0.680. The summed E-state index contributed by atoms with van der Waals surface area (Å²) >= 11 is 0. The van der Waals surface area contributed by atoms with Gasteiger partial charge in [0, 0.05) is 38.6 Å². The molecule has 0 radical (unpaired) electrons. The van der Waals surface area contributed by atoms with Crippen LogP contribution in [0, 0.1) is 0 Å². The third kappa shape index (κ3) is 6.05. The molecule has 7 heteroatoms. The second-order valence-electron chi connectivity index (χ2n) is 8.27. The fourth-order valence-corrected chi connectivity index (χ4v) is 4.25. The van der Waals surface area contributed by atoms with E-state index in [4.69, 9.17) is 0 Å². The van der Waals surface area contributed by atoms with Crippen molar-refractivity contribution in [2.75, 3.05) is 32.7 Å². The van der Waals surface area contributed by atoms with Gasteiger partial charge in [0.25, 0.3) is 0 Å². The molecule has 30 heavy (non-hydrogen) atoms. The first-order valence-electron chi connectivity index (χ1n) is 11.2. The van der Waals surface area contributed by atoms with Gasteiger partial charge in [0.1, 0.15) is 6.04 Å². The lowest BCUT2D eigenvalue weighted by Crippen LogP contribution is -2.51. The van der Waals surface area contributed by atoms with E-state index in [2.05, 4.69) is 15.5 Å². The van der Waals surface area contributed by atoms with Gasteiger partial charge in [-0.05, 0) is 37.7 Å². The molecule has 0 bridgehead atoms. The molecule has 1 aromatic rings. The number of amides is 3. The number of piperidine rings is 2. The van der Waals surface area contributed by atoms with Gasteiger partial charge in [-0.25, -0.2) is 0 Å². The van der Waals surface area contributed by atoms with Gasteiger partial charge in [-0.15, -0.1) is 0 Å². The second-order valence-corrected chi connectivity index (χ2v) is 8.27. The van der Waals surface area contributed by atoms with Crippen molar-refractivity contribution in [3.63, 3.8) is 0 Å². The lowest BCUT2D eigenvalue weighted by Gasteiger charge is -2.36. The van der Waals surface area contributed by atoms with Crippen LogP contribution in [0.5, 0.6) is 0 Å². The summed E-state index contributed by atoms with van der Waals surface area (Å²) in [6.07, 6.45) is 4.88. The van der Waals surface area contributed by atoms with Crippen molar-refractivity contribution < 1.29 is 14.4 Å². The Kier molecular flexibility index (Phi) is 8.25. The van der Waals surface area contributed by atoms with Crippen molar-refractivity contribution in [1.82, 2.24) is 20.4 Å². The molecule has 2 fully saturated rings. The van der Waals surface area contributed by atoms with Crippen LogP contribution in [-0.2, 0) is 14.4 Å². The smallest absolute Gasteiger partial charge is 0.247 e. The molecular weight excluding hydrogens is 380 g/mol. The van der Waals surface area contributed by atoms with E-state index in [1.54, 1.807) is 4.90 Å². The second kappa shape index (κ2) is 11.1. The molecule has 7 nitrogen and oxygen atoms in total. The van der Waals surface area contributed by atoms with E-state index >= 15 is 0 Å². The number of likely N-dealkylation sites (tertiary alicyclic amines) is 2. The molecule has 2 saturated heterocycles. The van der Waals surface area contributed by atoms with Crippen LogP contribution in [0.1, 0.15) is 57.1 Å². The van der Waals surface area contributed by atoms with E-state index < -0.39 is 6.04 Å². The first-order valence-corrected chi connectivity index (χ1v) is 11.2. The van der Waals surface area contributed by atoms with Gasteiger partial charge >= 0.3 is 0 Å². The molecule has 2 heterocycles. The normalized spacial score (nSPS) is 19.4. The maximum Gasteiger partial charge on any atom is 0.247 e. The Morgan fingerprint density at radius 2 is 1.83 bits per heavy atom. The summed E-state index contributed by atoms with van der Waals surface area (Å²) < 4.78 is 0. The predicted molar refractivity (Wildman–Crippen MR) is 116 cm³/mol. The van der Waals surface area contributed by atoms with Gasteiger partial charge in [-0.2, -0.15) is 0 Å². The largest absolute Gasteiger partial charge is 0.355 e. The molecule has 164 valence electrons. The maximum absolute atomic E-state index is 13.3. The standard InChI is InChI=1S/C23H34N4O3/c1-2-13-24-20(28)17-26-15-11-19(12-16-26)25-23(30)22(18-8-4-3-5-9-18)27-14-7-6-10-21(27)29/h3-5,8-9,19,22H,2,6-7,10-17H2,1H3,(H,24,28)(H,25,30). The van der Waals surface area contributed by atoms with E-state index in [9.17, 15) is 14.4 Å². The molecule has 1 unspecified atom stereocenters. The van der Waals surface area contributed by atoms with Crippen molar-refractivity contribution >= 4 is 17.7 Å². The summed E-state index contributed by atoms with van der Waals surface area (Å²) in [5.41, 5.74) is 0.857. The summed E-state index contributed by atoms with van der Waals surface area (Å²) in [6, 6.07) is 9.07. The van der Waals surface area contributed by atoms with Crippen LogP contribution in [0.3, 0.4) is 0 Å². The summed E-state index contributed by atoms with van der Waals surface area (Å²) in [5, 5.41) is 6.09. The molecule has 0 spiro atoms. The third-order valence-corrected chi connectivity index (χ3v) is 5.91. The Balaban J connectivity index is 1.57. The van der Waals surface area contributed by atoms with Crippen LogP contribution < -0.4 is 10.6 Å². The molecule has 0 aliphatic carbocycles. The van der Waals surface area contributed by atoms with Crippen molar-refractivity contribution in [2.45, 2.75) is 57.5 Å². The Morgan fingerprint density at radius 1 is 1.10 bits per heavy atom. The minimum absolute atomic E-state index is 0.0539. The molecule has 3 amide bonds. The van der Waals surface area contributed by atoms with E-state index in [-0.39, 0.29) is 23.8 Å². The van der Waals surface area contributed by atoms with Crippen molar-refractivity contribution in [2.24, 2.45) is 0 Å². The molecule has 0 saturated carbocycles. The summed E-state index contributed by atoms with van der Waals surface area (Å²) in [6.45, 7) is 5.34. The first kappa shape index (κ1) is 22.3. The molecule has 2 aliphatic rings. The highest BCUT2D eigenvalue weighted by molar-refractivity contribution is 5.89. The van der Waals surface area contributed by atoms with E-state index in [0.717, 1.165) is 50.8 Å². The minimum Gasteiger partial charge on any atom is -0.355 e. The number of nitrogens with one attached hydrogen (secondary N) is 2. The number of carbonyl (C=O) groups excluding carboxylic acids is 3. The van der Waals surface area contributed by atoms with Crippen LogP contribution in [0.4, 0.5) is 0 Å². The van der Waals surface area contributed by atoms with Gasteiger partial charge in [0.15, 0.2) is 0 Å². The van der Waals surface area contributed by atoms with Gasteiger partial charge in [-0.3, -0.25) is 19.3 Å². The van der Waals surface area contributed by atoms with Crippen molar-refractivity contribution in [3.8, 4) is 0 Å². The zero-order valence-electron chi connectivity index (χ0n) is 17.9. The summed E-state index contributed by atoms with van der Waals surface area (Å²) in [4.78, 5) is 41.6. The summed E-state index contributed by atoms with van der Waals surface area (Å²) in [5.74, 6) is 0.0147. The van der Waals surface area contributed by atoms with Gasteiger partial charge < -0.3 is 15.5 Å². The Hall–Kier alpha value is -2.41. The number of rotatable bonds is 8. The highest BCUT2D eigenvalue weighted by atomic mass is 16.2. The number of carbonyl (C=O) groups is 3. The van der Waals surface area contributed by atoms with Crippen LogP contribution in [0.2, 0.25) is 0 Å². The Bertz CT molecular complexity index is 716. The average molecular weight is 415 g/mol. The van der Waals surface area contributed by atoms with Crippen LogP contribution in [-0.4, -0.2) is 66.3 Å². The SMILES string of the molecule is CCCNC(=O)CN1CCC(NC(=O)C(c2ccccc2)N2CCCCC2=O)CC1. The highest BCUT2D eigenvalue weighted by Gasteiger charge is 2.34. The number of hydrogen-bond acceptors (Lipinski definition) is 4. The molecule has 2 N–H and O–H groups in total. The maximum atomic E-state index is 13.3. The van der Waals surface area contributed by atoms with Crippen molar-refractivity contribution in [3.05, 3.63) is 35.9 Å². The minimum atomic E-state index is -0.572. The Morgan fingerprint density at radius 3 is 2.50 bits per heavy atom. The molecule has 1 atom stereocenters. The van der Waals surface area contributed by atoms with Crippen LogP contribution >= 0.6 is 0 Å². The monoisotopic (exact) mass is 414 g/mol. The molecule has 3 rings (SSSR count). The highest BCUT2D eigenvalue weighted by Crippen LogP contribution is 2.26. The first-order chi connectivity index (χ1) is 14.6. The lowest BCUT2D eigenvalue weighted by molar-refractivity contribution is -0.143. The zero-order chi connectivity index (χ0) is 21.3. The average Bonchev–Trinajstić information content (AvgIpc) is 2.76.